The number of thiophene rings is 1. The van der Waals surface area contributed by atoms with Gasteiger partial charge in [0, 0.05) is 15.7 Å². The average molecular weight is 400 g/mol. The highest BCUT2D eigenvalue weighted by molar-refractivity contribution is 9.10. The van der Waals surface area contributed by atoms with Crippen molar-refractivity contribution in [1.29, 1.82) is 0 Å². The normalized spacial score (nSPS) is 10.4. The number of hydrogen-bond donors (Lipinski definition) is 1. The third-order valence-electron chi connectivity index (χ3n) is 3.47. The molecule has 0 aliphatic rings. The molecule has 0 radical (unpaired) electrons. The lowest BCUT2D eigenvalue weighted by Crippen LogP contribution is -1.98. The summed E-state index contributed by atoms with van der Waals surface area (Å²) in [7, 11) is 0. The van der Waals surface area contributed by atoms with Crippen molar-refractivity contribution in [2.75, 3.05) is 5.32 Å². The predicted octanol–water partition coefficient (Wildman–Crippen LogP) is 5.69. The van der Waals surface area contributed by atoms with Gasteiger partial charge in [0.2, 0.25) is 5.78 Å². The van der Waals surface area contributed by atoms with Gasteiger partial charge < -0.3 is 5.32 Å². The smallest absolute Gasteiger partial charge is 0.203 e. The highest BCUT2D eigenvalue weighted by Gasteiger charge is 2.18. The number of para-hydroxylation sites is 1. The summed E-state index contributed by atoms with van der Waals surface area (Å²) < 4.78 is 0.918. The minimum Gasteiger partial charge on any atom is -0.347 e. The summed E-state index contributed by atoms with van der Waals surface area (Å²) in [5.41, 5.74) is 2.01. The molecule has 0 amide bonds. The van der Waals surface area contributed by atoms with Crippen LogP contribution in [0, 0.1) is 0 Å². The van der Waals surface area contributed by atoms with Crippen molar-refractivity contribution < 1.29 is 9.59 Å². The number of nitrogens with one attached hydrogen (secondary N) is 1. The molecular formula is C19H14BrNO2S. The van der Waals surface area contributed by atoms with Crippen molar-refractivity contribution in [2.45, 2.75) is 6.92 Å². The molecule has 120 valence electrons. The van der Waals surface area contributed by atoms with Crippen molar-refractivity contribution in [1.82, 2.24) is 0 Å². The number of hydrogen-bond acceptors (Lipinski definition) is 4. The molecule has 1 N–H and O–H groups in total. The Labute approximate surface area is 152 Å². The first-order valence-electron chi connectivity index (χ1n) is 7.31. The minimum atomic E-state index is -0.0869. The van der Waals surface area contributed by atoms with Gasteiger partial charge in [0.1, 0.15) is 5.00 Å². The monoisotopic (exact) mass is 399 g/mol. The maximum Gasteiger partial charge on any atom is 0.203 e. The summed E-state index contributed by atoms with van der Waals surface area (Å²) in [5.74, 6) is -0.157. The number of Topliss-reactive ketones (excluding diaryl/α,β-unsaturated/α-hetero) is 1. The Balaban J connectivity index is 1.95. The molecular weight excluding hydrogens is 386 g/mol. The fourth-order valence-electron chi connectivity index (χ4n) is 2.25. The van der Waals surface area contributed by atoms with Crippen LogP contribution in [0.3, 0.4) is 0 Å². The van der Waals surface area contributed by atoms with Crippen LogP contribution in [-0.2, 0) is 0 Å². The van der Waals surface area contributed by atoms with Crippen LogP contribution in [0.4, 0.5) is 10.7 Å². The molecule has 0 saturated carbocycles. The Hall–Kier alpha value is -2.24. The Kier molecular flexibility index (Phi) is 4.92. The number of ketones is 2. The van der Waals surface area contributed by atoms with Gasteiger partial charge in [0.15, 0.2) is 5.78 Å². The second-order valence-electron chi connectivity index (χ2n) is 5.24. The lowest BCUT2D eigenvalue weighted by molar-refractivity contribution is 0.101. The Morgan fingerprint density at radius 2 is 1.67 bits per heavy atom. The van der Waals surface area contributed by atoms with Crippen LogP contribution < -0.4 is 5.32 Å². The molecule has 5 heteroatoms. The van der Waals surface area contributed by atoms with Crippen molar-refractivity contribution >= 4 is 49.5 Å². The molecule has 3 rings (SSSR count). The van der Waals surface area contributed by atoms with Gasteiger partial charge in [-0.2, -0.15) is 0 Å². The third kappa shape index (κ3) is 3.63. The summed E-state index contributed by atoms with van der Waals surface area (Å²) in [4.78, 5) is 25.1. The first kappa shape index (κ1) is 16.6. The number of carbonyl (C=O) groups is 2. The molecule has 1 aromatic heterocycles. The van der Waals surface area contributed by atoms with E-state index in [1.165, 1.54) is 18.3 Å². The number of rotatable bonds is 5. The van der Waals surface area contributed by atoms with Gasteiger partial charge >= 0.3 is 0 Å². The second-order valence-corrected chi connectivity index (χ2v) is 7.20. The van der Waals surface area contributed by atoms with Gasteiger partial charge in [0.25, 0.3) is 0 Å². The van der Waals surface area contributed by atoms with Crippen molar-refractivity contribution in [3.05, 3.63) is 81.1 Å². The SMILES string of the molecule is CC(=O)c1cc(C(=O)c2ccc(Br)cc2)sc1Nc1ccccc1. The van der Waals surface area contributed by atoms with Crippen molar-refractivity contribution in [3.8, 4) is 0 Å². The zero-order valence-corrected chi connectivity index (χ0v) is 15.3. The zero-order chi connectivity index (χ0) is 17.1. The Morgan fingerprint density at radius 1 is 1.00 bits per heavy atom. The van der Waals surface area contributed by atoms with Gasteiger partial charge in [-0.3, -0.25) is 9.59 Å². The molecule has 2 aromatic carbocycles. The molecule has 0 unspecified atom stereocenters. The number of benzene rings is 2. The molecule has 1 heterocycles. The minimum absolute atomic E-state index is 0.0699. The molecule has 0 spiro atoms. The summed E-state index contributed by atoms with van der Waals surface area (Å²) in [5, 5.41) is 3.92. The molecule has 3 nitrogen and oxygen atoms in total. The van der Waals surface area contributed by atoms with E-state index in [0.717, 1.165) is 10.2 Å². The standard InChI is InChI=1S/C19H14BrNO2S/c1-12(22)16-11-17(18(23)13-7-9-14(20)10-8-13)24-19(16)21-15-5-3-2-4-6-15/h2-11,21H,1H3. The van der Waals surface area contributed by atoms with Crippen molar-refractivity contribution in [2.24, 2.45) is 0 Å². The molecule has 0 saturated heterocycles. The Bertz CT molecular complexity index is 885. The van der Waals surface area contributed by atoms with Crippen LogP contribution in [0.5, 0.6) is 0 Å². The zero-order valence-electron chi connectivity index (χ0n) is 12.9. The van der Waals surface area contributed by atoms with E-state index in [0.29, 0.717) is 21.0 Å². The first-order chi connectivity index (χ1) is 11.5. The maximum atomic E-state index is 12.7. The molecule has 0 bridgehead atoms. The second kappa shape index (κ2) is 7.11. The summed E-state index contributed by atoms with van der Waals surface area (Å²) in [6, 6.07) is 18.4. The van der Waals surface area contributed by atoms with E-state index in [-0.39, 0.29) is 11.6 Å². The topological polar surface area (TPSA) is 46.2 Å². The average Bonchev–Trinajstić information content (AvgIpc) is 3.00. The van der Waals surface area contributed by atoms with E-state index >= 15 is 0 Å². The largest absolute Gasteiger partial charge is 0.347 e. The summed E-state index contributed by atoms with van der Waals surface area (Å²) in [6.45, 7) is 1.51. The molecule has 24 heavy (non-hydrogen) atoms. The summed E-state index contributed by atoms with van der Waals surface area (Å²) in [6.07, 6.45) is 0. The predicted molar refractivity (Wildman–Crippen MR) is 102 cm³/mol. The number of anilines is 2. The van der Waals surface area contributed by atoms with Crippen LogP contribution in [0.2, 0.25) is 0 Å². The fraction of sp³-hybridized carbons (Fsp3) is 0.0526. The molecule has 3 aromatic rings. The lowest BCUT2D eigenvalue weighted by atomic mass is 10.1. The van der Waals surface area contributed by atoms with E-state index in [1.54, 1.807) is 18.2 Å². The molecule has 0 aliphatic heterocycles. The Morgan fingerprint density at radius 3 is 2.29 bits per heavy atom. The molecule has 0 fully saturated rings. The van der Waals surface area contributed by atoms with E-state index in [9.17, 15) is 9.59 Å². The highest BCUT2D eigenvalue weighted by atomic mass is 79.9. The van der Waals surface area contributed by atoms with Gasteiger partial charge in [-0.25, -0.2) is 0 Å². The van der Waals surface area contributed by atoms with Gasteiger partial charge in [-0.15, -0.1) is 11.3 Å². The van der Waals surface area contributed by atoms with Crippen LogP contribution in [0.1, 0.15) is 32.5 Å². The fourth-order valence-corrected chi connectivity index (χ4v) is 3.61. The highest BCUT2D eigenvalue weighted by Crippen LogP contribution is 2.32. The van der Waals surface area contributed by atoms with Crippen LogP contribution in [-0.4, -0.2) is 11.6 Å². The number of carbonyl (C=O) groups excluding carboxylic acids is 2. The first-order valence-corrected chi connectivity index (χ1v) is 8.92. The van der Waals surface area contributed by atoms with Gasteiger partial charge in [0.05, 0.1) is 10.4 Å². The maximum absolute atomic E-state index is 12.7. The lowest BCUT2D eigenvalue weighted by Gasteiger charge is -2.04. The quantitative estimate of drug-likeness (QED) is 0.560. The van der Waals surface area contributed by atoms with E-state index < -0.39 is 0 Å². The van der Waals surface area contributed by atoms with E-state index in [2.05, 4.69) is 21.2 Å². The van der Waals surface area contributed by atoms with Crippen LogP contribution in [0.25, 0.3) is 0 Å². The summed E-state index contributed by atoms with van der Waals surface area (Å²) >= 11 is 4.66. The molecule has 0 aliphatic carbocycles. The molecule has 0 atom stereocenters. The van der Waals surface area contributed by atoms with Crippen LogP contribution in [0.15, 0.2) is 65.1 Å². The van der Waals surface area contributed by atoms with Gasteiger partial charge in [-0.1, -0.05) is 34.1 Å². The van der Waals surface area contributed by atoms with E-state index in [4.69, 9.17) is 0 Å². The van der Waals surface area contributed by atoms with E-state index in [1.807, 2.05) is 42.5 Å². The third-order valence-corrected chi connectivity index (χ3v) is 5.05. The van der Waals surface area contributed by atoms with Crippen molar-refractivity contribution in [3.63, 3.8) is 0 Å². The number of halogens is 1. The van der Waals surface area contributed by atoms with Crippen LogP contribution >= 0.6 is 27.3 Å². The van der Waals surface area contributed by atoms with Gasteiger partial charge in [-0.05, 0) is 49.4 Å².